The number of hydrogen-bond acceptors (Lipinski definition) is 6. The summed E-state index contributed by atoms with van der Waals surface area (Å²) < 4.78 is 1.91. The molecule has 1 rings (SSSR count). The fourth-order valence-electron chi connectivity index (χ4n) is 0.657. The molecule has 80 valence electrons. The Balaban J connectivity index is 2.45. The van der Waals surface area contributed by atoms with E-state index in [-0.39, 0.29) is 0 Å². The molecular formula is C8H14N2OS3. The zero-order valence-electron chi connectivity index (χ0n) is 8.48. The lowest BCUT2D eigenvalue weighted by Gasteiger charge is -2.19. The third-order valence-electron chi connectivity index (χ3n) is 1.83. The molecule has 0 aliphatic heterocycles. The van der Waals surface area contributed by atoms with E-state index < -0.39 is 5.60 Å². The predicted molar refractivity (Wildman–Crippen MR) is 63.3 cm³/mol. The highest BCUT2D eigenvalue weighted by Gasteiger charge is 2.18. The minimum atomic E-state index is -0.601. The lowest BCUT2D eigenvalue weighted by Crippen LogP contribution is -2.25. The van der Waals surface area contributed by atoms with Crippen molar-refractivity contribution >= 4 is 34.9 Å². The average molecular weight is 250 g/mol. The molecule has 1 N–H and O–H groups in total. The van der Waals surface area contributed by atoms with E-state index in [2.05, 4.69) is 10.2 Å². The number of nitrogens with zero attached hydrogens (tertiary/aromatic N) is 2. The molecule has 0 aromatic carbocycles. The van der Waals surface area contributed by atoms with Crippen molar-refractivity contribution in [1.29, 1.82) is 0 Å². The Kier molecular flexibility index (Phi) is 4.69. The smallest absolute Gasteiger partial charge is 0.175 e. The van der Waals surface area contributed by atoms with Gasteiger partial charge in [-0.3, -0.25) is 0 Å². The monoisotopic (exact) mass is 250 g/mol. The van der Waals surface area contributed by atoms with Gasteiger partial charge in [0.1, 0.15) is 0 Å². The molecule has 0 amide bonds. The molecule has 14 heavy (non-hydrogen) atoms. The van der Waals surface area contributed by atoms with Gasteiger partial charge in [0.25, 0.3) is 0 Å². The molecule has 0 radical (unpaired) electrons. The van der Waals surface area contributed by atoms with Crippen LogP contribution >= 0.6 is 34.9 Å². The predicted octanol–water partition coefficient (Wildman–Crippen LogP) is 2.51. The van der Waals surface area contributed by atoms with Crippen molar-refractivity contribution in [3.05, 3.63) is 0 Å². The summed E-state index contributed by atoms with van der Waals surface area (Å²) in [6, 6.07) is 0. The summed E-state index contributed by atoms with van der Waals surface area (Å²) in [6.45, 7) is 3.82. The molecule has 3 nitrogen and oxygen atoms in total. The van der Waals surface area contributed by atoms with Gasteiger partial charge in [-0.15, -0.1) is 10.2 Å². The summed E-state index contributed by atoms with van der Waals surface area (Å²) in [5, 5.41) is 17.8. The zero-order valence-corrected chi connectivity index (χ0v) is 10.9. The molecule has 1 aromatic rings. The number of hydrogen-bond donors (Lipinski definition) is 1. The van der Waals surface area contributed by atoms with Crippen LogP contribution in [0.2, 0.25) is 0 Å². The molecule has 1 aromatic heterocycles. The Bertz CT molecular complexity index is 288. The van der Waals surface area contributed by atoms with Crippen LogP contribution < -0.4 is 0 Å². The molecule has 0 aliphatic carbocycles. The van der Waals surface area contributed by atoms with Crippen LogP contribution in [0.4, 0.5) is 0 Å². The van der Waals surface area contributed by atoms with Crippen LogP contribution in [0.15, 0.2) is 8.68 Å². The fourth-order valence-corrected chi connectivity index (χ4v) is 3.21. The van der Waals surface area contributed by atoms with Gasteiger partial charge < -0.3 is 5.11 Å². The van der Waals surface area contributed by atoms with E-state index in [1.807, 2.05) is 20.1 Å². The fraction of sp³-hybridized carbons (Fsp3) is 0.750. The lowest BCUT2D eigenvalue weighted by atomic mass is 10.1. The Morgan fingerprint density at radius 3 is 2.57 bits per heavy atom. The molecule has 0 aliphatic rings. The summed E-state index contributed by atoms with van der Waals surface area (Å²) >= 11 is 4.74. The summed E-state index contributed by atoms with van der Waals surface area (Å²) in [5.74, 6) is 0.673. The van der Waals surface area contributed by atoms with E-state index in [4.69, 9.17) is 0 Å². The van der Waals surface area contributed by atoms with Crippen LogP contribution in [0.25, 0.3) is 0 Å². The number of rotatable bonds is 5. The molecule has 1 heterocycles. The Morgan fingerprint density at radius 2 is 2.07 bits per heavy atom. The van der Waals surface area contributed by atoms with Crippen molar-refractivity contribution in [3.63, 3.8) is 0 Å². The van der Waals surface area contributed by atoms with E-state index in [0.29, 0.717) is 5.75 Å². The molecular weight excluding hydrogens is 236 g/mol. The van der Waals surface area contributed by atoms with Crippen LogP contribution in [-0.2, 0) is 0 Å². The first kappa shape index (κ1) is 12.3. The van der Waals surface area contributed by atoms with Gasteiger partial charge in [-0.25, -0.2) is 0 Å². The Labute approximate surface area is 96.7 Å². The van der Waals surface area contributed by atoms with Gasteiger partial charge in [0.15, 0.2) is 8.68 Å². The first-order valence-electron chi connectivity index (χ1n) is 4.30. The maximum Gasteiger partial charge on any atom is 0.175 e. The van der Waals surface area contributed by atoms with Gasteiger partial charge in [-0.1, -0.05) is 41.8 Å². The minimum absolute atomic E-state index is 0.601. The number of thioether (sulfide) groups is 2. The quantitative estimate of drug-likeness (QED) is 0.814. The average Bonchev–Trinajstić information content (AvgIpc) is 2.63. The highest BCUT2D eigenvalue weighted by atomic mass is 32.2. The second-order valence-electron chi connectivity index (χ2n) is 3.18. The summed E-state index contributed by atoms with van der Waals surface area (Å²) in [4.78, 5) is 0. The van der Waals surface area contributed by atoms with E-state index in [0.717, 1.165) is 15.1 Å². The topological polar surface area (TPSA) is 46.0 Å². The molecule has 6 heteroatoms. The summed E-state index contributed by atoms with van der Waals surface area (Å²) in [5.41, 5.74) is -0.601. The van der Waals surface area contributed by atoms with Gasteiger partial charge in [0.2, 0.25) is 0 Å². The number of aliphatic hydroxyl groups is 1. The number of aromatic nitrogens is 2. The molecule has 1 unspecified atom stereocenters. The maximum absolute atomic E-state index is 9.78. The van der Waals surface area contributed by atoms with E-state index in [9.17, 15) is 5.11 Å². The van der Waals surface area contributed by atoms with E-state index >= 15 is 0 Å². The standard InChI is InChI=1S/C8H14N2OS3/c1-4-8(2,11)5-13-7-10-9-6(12-3)14-7/h11H,4-5H2,1-3H3. The first-order valence-corrected chi connectivity index (χ1v) is 7.33. The first-order chi connectivity index (χ1) is 6.57. The Morgan fingerprint density at radius 1 is 1.43 bits per heavy atom. The Hall–Kier alpha value is 0.220. The van der Waals surface area contributed by atoms with Crippen molar-refractivity contribution in [2.45, 2.75) is 34.5 Å². The van der Waals surface area contributed by atoms with Crippen LogP contribution in [0, 0.1) is 0 Å². The molecule has 0 bridgehead atoms. The van der Waals surface area contributed by atoms with Crippen molar-refractivity contribution in [3.8, 4) is 0 Å². The molecule has 0 saturated carbocycles. The summed E-state index contributed by atoms with van der Waals surface area (Å²) in [7, 11) is 0. The lowest BCUT2D eigenvalue weighted by molar-refractivity contribution is 0.0816. The van der Waals surface area contributed by atoms with Crippen LogP contribution in [0.1, 0.15) is 20.3 Å². The van der Waals surface area contributed by atoms with Gasteiger partial charge in [-0.2, -0.15) is 0 Å². The van der Waals surface area contributed by atoms with Crippen molar-refractivity contribution < 1.29 is 5.11 Å². The largest absolute Gasteiger partial charge is 0.389 e. The van der Waals surface area contributed by atoms with Crippen LogP contribution in [0.3, 0.4) is 0 Å². The molecule has 0 saturated heterocycles. The SMILES string of the molecule is CCC(C)(O)CSc1nnc(SC)s1. The van der Waals surface area contributed by atoms with Crippen LogP contribution in [0.5, 0.6) is 0 Å². The maximum atomic E-state index is 9.78. The third-order valence-corrected chi connectivity index (χ3v) is 5.22. The van der Waals surface area contributed by atoms with Gasteiger partial charge in [0.05, 0.1) is 5.60 Å². The molecule has 0 spiro atoms. The van der Waals surface area contributed by atoms with Crippen molar-refractivity contribution in [2.24, 2.45) is 0 Å². The van der Waals surface area contributed by atoms with Gasteiger partial charge in [0, 0.05) is 5.75 Å². The zero-order chi connectivity index (χ0) is 10.6. The van der Waals surface area contributed by atoms with Crippen molar-refractivity contribution in [2.75, 3.05) is 12.0 Å². The highest BCUT2D eigenvalue weighted by Crippen LogP contribution is 2.29. The highest BCUT2D eigenvalue weighted by molar-refractivity contribution is 8.03. The van der Waals surface area contributed by atoms with E-state index in [1.54, 1.807) is 34.9 Å². The summed E-state index contributed by atoms with van der Waals surface area (Å²) in [6.07, 6.45) is 2.74. The van der Waals surface area contributed by atoms with Gasteiger partial charge in [-0.05, 0) is 19.6 Å². The molecule has 1 atom stereocenters. The molecule has 0 fully saturated rings. The second-order valence-corrected chi connectivity index (χ2v) is 6.43. The van der Waals surface area contributed by atoms with Gasteiger partial charge >= 0.3 is 0 Å². The second kappa shape index (κ2) is 5.34. The minimum Gasteiger partial charge on any atom is -0.389 e. The van der Waals surface area contributed by atoms with Crippen LogP contribution in [-0.4, -0.2) is 32.9 Å². The van der Waals surface area contributed by atoms with Crippen molar-refractivity contribution in [1.82, 2.24) is 10.2 Å². The third kappa shape index (κ3) is 3.76. The normalized spacial score (nSPS) is 15.4. The van der Waals surface area contributed by atoms with E-state index in [1.165, 1.54) is 0 Å².